The molecule has 1 aromatic heterocycles. The van der Waals surface area contributed by atoms with Crippen molar-refractivity contribution in [2.75, 3.05) is 39.4 Å². The summed E-state index contributed by atoms with van der Waals surface area (Å²) in [4.78, 5) is 7.31. The van der Waals surface area contributed by atoms with Gasteiger partial charge in [0.15, 0.2) is 0 Å². The van der Waals surface area contributed by atoms with Crippen LogP contribution in [-0.4, -0.2) is 49.3 Å². The lowest BCUT2D eigenvalue weighted by Crippen LogP contribution is -2.42. The molecule has 1 N–H and O–H groups in total. The van der Waals surface area contributed by atoms with E-state index >= 15 is 0 Å². The number of hydrogen-bond donors (Lipinski definition) is 1. The van der Waals surface area contributed by atoms with Crippen molar-refractivity contribution in [3.05, 3.63) is 16.1 Å². The third kappa shape index (κ3) is 3.09. The lowest BCUT2D eigenvalue weighted by molar-refractivity contribution is 0.0852. The maximum atomic E-state index is 5.41. The second-order valence-corrected chi connectivity index (χ2v) is 5.98. The Bertz CT molecular complexity index is 370. The first-order chi connectivity index (χ1) is 8.92. The van der Waals surface area contributed by atoms with Gasteiger partial charge in [-0.25, -0.2) is 4.98 Å². The Hall–Kier alpha value is -0.490. The van der Waals surface area contributed by atoms with Crippen LogP contribution in [-0.2, 0) is 11.3 Å². The molecule has 0 bridgehead atoms. The zero-order chi connectivity index (χ0) is 12.2. The van der Waals surface area contributed by atoms with Gasteiger partial charge in [0.05, 0.1) is 10.7 Å². The average molecular weight is 267 g/mol. The Labute approximate surface area is 112 Å². The molecule has 2 aliphatic heterocycles. The van der Waals surface area contributed by atoms with Crippen LogP contribution in [0, 0.1) is 0 Å². The maximum absolute atomic E-state index is 5.41. The summed E-state index contributed by atoms with van der Waals surface area (Å²) in [5.74, 6) is 0.639. The smallest absolute Gasteiger partial charge is 0.0961 e. The first-order valence-corrected chi connectivity index (χ1v) is 7.75. The molecule has 3 rings (SSSR count). The maximum Gasteiger partial charge on any atom is 0.0961 e. The van der Waals surface area contributed by atoms with E-state index in [1.54, 1.807) is 0 Å². The molecule has 2 aliphatic rings. The van der Waals surface area contributed by atoms with Crippen molar-refractivity contribution in [3.8, 4) is 0 Å². The molecule has 18 heavy (non-hydrogen) atoms. The fraction of sp³-hybridized carbons (Fsp3) is 0.769. The second-order valence-electron chi connectivity index (χ2n) is 5.09. The standard InChI is InChI=1S/C13H21N3OS/c1-7-17-8-2-11(1)13-15-12(10-18-13)9-16-5-3-14-4-6-16/h10-11,14H,1-9H2. The van der Waals surface area contributed by atoms with Crippen molar-refractivity contribution < 1.29 is 4.74 Å². The number of hydrogen-bond acceptors (Lipinski definition) is 5. The van der Waals surface area contributed by atoms with Gasteiger partial charge >= 0.3 is 0 Å². The SMILES string of the molecule is c1sc(C2CCOCC2)nc1CN1CCNCC1. The molecule has 0 saturated carbocycles. The van der Waals surface area contributed by atoms with Gasteiger partial charge in [0.25, 0.3) is 0 Å². The molecule has 3 heterocycles. The third-order valence-corrected chi connectivity index (χ3v) is 4.79. The first kappa shape index (κ1) is 12.5. The van der Waals surface area contributed by atoms with E-state index in [4.69, 9.17) is 9.72 Å². The number of nitrogens with zero attached hydrogens (tertiary/aromatic N) is 2. The molecular weight excluding hydrogens is 246 g/mol. The van der Waals surface area contributed by atoms with E-state index < -0.39 is 0 Å². The van der Waals surface area contributed by atoms with Crippen LogP contribution in [0.5, 0.6) is 0 Å². The summed E-state index contributed by atoms with van der Waals surface area (Å²) < 4.78 is 5.41. The molecule has 2 saturated heterocycles. The number of aromatic nitrogens is 1. The largest absolute Gasteiger partial charge is 0.381 e. The number of ether oxygens (including phenoxy) is 1. The predicted octanol–water partition coefficient (Wildman–Crippen LogP) is 1.44. The highest BCUT2D eigenvalue weighted by atomic mass is 32.1. The molecular formula is C13H21N3OS. The van der Waals surface area contributed by atoms with Crippen LogP contribution in [0.3, 0.4) is 0 Å². The Morgan fingerprint density at radius 3 is 2.89 bits per heavy atom. The van der Waals surface area contributed by atoms with E-state index in [9.17, 15) is 0 Å². The Balaban J connectivity index is 1.58. The number of piperazine rings is 1. The molecule has 4 nitrogen and oxygen atoms in total. The first-order valence-electron chi connectivity index (χ1n) is 6.87. The highest BCUT2D eigenvalue weighted by Crippen LogP contribution is 2.29. The van der Waals surface area contributed by atoms with E-state index in [1.807, 2.05) is 11.3 Å². The van der Waals surface area contributed by atoms with Crippen molar-refractivity contribution in [2.45, 2.75) is 25.3 Å². The molecule has 0 aliphatic carbocycles. The molecule has 5 heteroatoms. The normalized spacial score (nSPS) is 23.3. The molecule has 0 unspecified atom stereocenters. The zero-order valence-electron chi connectivity index (χ0n) is 10.7. The molecule has 0 amide bonds. The van der Waals surface area contributed by atoms with Crippen molar-refractivity contribution in [3.63, 3.8) is 0 Å². The molecule has 0 atom stereocenters. The number of thiazole rings is 1. The third-order valence-electron chi connectivity index (χ3n) is 3.74. The summed E-state index contributed by atoms with van der Waals surface area (Å²) >= 11 is 1.84. The second kappa shape index (κ2) is 6.10. The van der Waals surface area contributed by atoms with Gasteiger partial charge in [-0.2, -0.15) is 0 Å². The minimum atomic E-state index is 0.639. The average Bonchev–Trinajstić information content (AvgIpc) is 2.89. The Morgan fingerprint density at radius 1 is 1.33 bits per heavy atom. The van der Waals surface area contributed by atoms with Crippen LogP contribution in [0.25, 0.3) is 0 Å². The lowest BCUT2D eigenvalue weighted by atomic mass is 10.0. The van der Waals surface area contributed by atoms with Gasteiger partial charge in [-0.1, -0.05) is 0 Å². The number of nitrogens with one attached hydrogen (secondary N) is 1. The highest BCUT2D eigenvalue weighted by Gasteiger charge is 2.19. The van der Waals surface area contributed by atoms with Crippen LogP contribution < -0.4 is 5.32 Å². The van der Waals surface area contributed by atoms with E-state index in [2.05, 4.69) is 15.6 Å². The van der Waals surface area contributed by atoms with E-state index in [0.717, 1.165) is 58.8 Å². The summed E-state index contributed by atoms with van der Waals surface area (Å²) in [7, 11) is 0. The van der Waals surface area contributed by atoms with Gasteiger partial charge in [-0.15, -0.1) is 11.3 Å². The van der Waals surface area contributed by atoms with Crippen LogP contribution in [0.1, 0.15) is 29.5 Å². The fourth-order valence-electron chi connectivity index (χ4n) is 2.63. The molecule has 0 spiro atoms. The highest BCUT2D eigenvalue weighted by molar-refractivity contribution is 7.09. The van der Waals surface area contributed by atoms with Crippen LogP contribution in [0.15, 0.2) is 5.38 Å². The predicted molar refractivity (Wildman–Crippen MR) is 73.1 cm³/mol. The van der Waals surface area contributed by atoms with Crippen molar-refractivity contribution in [1.29, 1.82) is 0 Å². The van der Waals surface area contributed by atoms with Gasteiger partial charge in [0, 0.05) is 57.2 Å². The van der Waals surface area contributed by atoms with E-state index in [-0.39, 0.29) is 0 Å². The van der Waals surface area contributed by atoms with Gasteiger partial charge in [0.1, 0.15) is 0 Å². The Kier molecular flexibility index (Phi) is 4.25. The van der Waals surface area contributed by atoms with Gasteiger partial charge < -0.3 is 10.1 Å². The minimum Gasteiger partial charge on any atom is -0.381 e. The molecule has 1 aromatic rings. The van der Waals surface area contributed by atoms with Crippen LogP contribution >= 0.6 is 11.3 Å². The quantitative estimate of drug-likeness (QED) is 0.899. The van der Waals surface area contributed by atoms with Crippen molar-refractivity contribution in [1.82, 2.24) is 15.2 Å². The van der Waals surface area contributed by atoms with Gasteiger partial charge in [-0.05, 0) is 12.8 Å². The van der Waals surface area contributed by atoms with Crippen molar-refractivity contribution in [2.24, 2.45) is 0 Å². The molecule has 0 radical (unpaired) electrons. The summed E-state index contributed by atoms with van der Waals surface area (Å²) in [6.07, 6.45) is 2.28. The van der Waals surface area contributed by atoms with Gasteiger partial charge in [0.2, 0.25) is 0 Å². The lowest BCUT2D eigenvalue weighted by Gasteiger charge is -2.26. The molecule has 100 valence electrons. The topological polar surface area (TPSA) is 37.4 Å². The monoisotopic (exact) mass is 267 g/mol. The number of rotatable bonds is 3. The van der Waals surface area contributed by atoms with E-state index in [0.29, 0.717) is 5.92 Å². The molecule has 0 aromatic carbocycles. The van der Waals surface area contributed by atoms with Crippen LogP contribution in [0.4, 0.5) is 0 Å². The summed E-state index contributed by atoms with van der Waals surface area (Å²) in [5.41, 5.74) is 1.25. The summed E-state index contributed by atoms with van der Waals surface area (Å²) in [5, 5.41) is 6.95. The fourth-order valence-corrected chi connectivity index (χ4v) is 3.61. The summed E-state index contributed by atoms with van der Waals surface area (Å²) in [6.45, 7) is 7.32. The van der Waals surface area contributed by atoms with Crippen molar-refractivity contribution >= 4 is 11.3 Å². The van der Waals surface area contributed by atoms with Gasteiger partial charge in [-0.3, -0.25) is 4.90 Å². The van der Waals surface area contributed by atoms with E-state index in [1.165, 1.54) is 10.7 Å². The molecule has 2 fully saturated rings. The minimum absolute atomic E-state index is 0.639. The summed E-state index contributed by atoms with van der Waals surface area (Å²) in [6, 6.07) is 0. The van der Waals surface area contributed by atoms with Crippen LogP contribution in [0.2, 0.25) is 0 Å². The Morgan fingerprint density at radius 2 is 2.11 bits per heavy atom. The zero-order valence-corrected chi connectivity index (χ0v) is 11.5.